The zero-order valence-electron chi connectivity index (χ0n) is 9.14. The summed E-state index contributed by atoms with van der Waals surface area (Å²) >= 11 is 1.60. The predicted molar refractivity (Wildman–Crippen MR) is 60.9 cm³/mol. The molecule has 0 aliphatic rings. The third-order valence-corrected chi connectivity index (χ3v) is 2.56. The van der Waals surface area contributed by atoms with Crippen molar-refractivity contribution in [1.82, 2.24) is 5.01 Å². The average molecular weight is 211 g/mol. The molecule has 0 aliphatic carbocycles. The highest BCUT2D eigenvalue weighted by Crippen LogP contribution is 2.20. The molecule has 0 unspecified atom stereocenters. The number of rotatable bonds is 4. The second-order valence-electron chi connectivity index (χ2n) is 3.71. The van der Waals surface area contributed by atoms with Gasteiger partial charge >= 0.3 is 0 Å². The minimum atomic E-state index is 0.388. The van der Waals surface area contributed by atoms with Crippen molar-refractivity contribution in [3.8, 4) is 0 Å². The standard InChI is InChI=1S/C10H17N3S/c1-8(2)13(9(3)4)12-11-10-6-5-7-14-10/h5-9H,1-4H3/b12-11+. The Morgan fingerprint density at radius 2 is 1.86 bits per heavy atom. The molecule has 0 aromatic carbocycles. The summed E-state index contributed by atoms with van der Waals surface area (Å²) in [6, 6.07) is 4.72. The smallest absolute Gasteiger partial charge is 0.140 e. The fourth-order valence-electron chi connectivity index (χ4n) is 1.23. The molecule has 0 bridgehead atoms. The van der Waals surface area contributed by atoms with E-state index < -0.39 is 0 Å². The van der Waals surface area contributed by atoms with E-state index in [0.717, 1.165) is 5.00 Å². The highest BCUT2D eigenvalue weighted by molar-refractivity contribution is 7.13. The van der Waals surface area contributed by atoms with E-state index in [1.54, 1.807) is 11.3 Å². The normalized spacial score (nSPS) is 11.9. The van der Waals surface area contributed by atoms with Gasteiger partial charge in [0.05, 0.1) is 0 Å². The summed E-state index contributed by atoms with van der Waals surface area (Å²) < 4.78 is 0. The van der Waals surface area contributed by atoms with Crippen LogP contribution in [0.15, 0.2) is 27.9 Å². The van der Waals surface area contributed by atoms with Gasteiger partial charge in [-0.05, 0) is 45.2 Å². The van der Waals surface area contributed by atoms with Crippen molar-refractivity contribution in [3.63, 3.8) is 0 Å². The van der Waals surface area contributed by atoms with Gasteiger partial charge in [0.15, 0.2) is 0 Å². The molecular formula is C10H17N3S. The molecule has 1 heterocycles. The summed E-state index contributed by atoms with van der Waals surface area (Å²) in [5.41, 5.74) is 0. The van der Waals surface area contributed by atoms with Crippen LogP contribution in [0.5, 0.6) is 0 Å². The third-order valence-electron chi connectivity index (χ3n) is 1.81. The summed E-state index contributed by atoms with van der Waals surface area (Å²) in [5.74, 6) is 0. The summed E-state index contributed by atoms with van der Waals surface area (Å²) in [4.78, 5) is 0. The van der Waals surface area contributed by atoms with Crippen LogP contribution in [-0.2, 0) is 0 Å². The van der Waals surface area contributed by atoms with Crippen molar-refractivity contribution in [2.75, 3.05) is 0 Å². The molecule has 3 nitrogen and oxygen atoms in total. The van der Waals surface area contributed by atoms with E-state index in [4.69, 9.17) is 0 Å². The molecule has 0 radical (unpaired) electrons. The van der Waals surface area contributed by atoms with E-state index in [0.29, 0.717) is 12.1 Å². The quantitative estimate of drug-likeness (QED) is 0.549. The first-order valence-electron chi connectivity index (χ1n) is 4.84. The zero-order valence-corrected chi connectivity index (χ0v) is 9.95. The lowest BCUT2D eigenvalue weighted by molar-refractivity contribution is 0.170. The van der Waals surface area contributed by atoms with Gasteiger partial charge in [0, 0.05) is 12.1 Å². The first-order chi connectivity index (χ1) is 6.61. The third kappa shape index (κ3) is 3.10. The Kier molecular flexibility index (Phi) is 4.07. The molecule has 4 heteroatoms. The number of hydrogen-bond donors (Lipinski definition) is 0. The Balaban J connectivity index is 2.64. The van der Waals surface area contributed by atoms with Crippen molar-refractivity contribution in [2.45, 2.75) is 39.8 Å². The Hall–Kier alpha value is -0.900. The number of nitrogens with zero attached hydrogens (tertiary/aromatic N) is 3. The maximum absolute atomic E-state index is 4.23. The maximum Gasteiger partial charge on any atom is 0.140 e. The van der Waals surface area contributed by atoms with Gasteiger partial charge < -0.3 is 0 Å². The van der Waals surface area contributed by atoms with Gasteiger partial charge in [0.25, 0.3) is 0 Å². The molecule has 0 aliphatic heterocycles. The topological polar surface area (TPSA) is 28.0 Å². The molecule has 14 heavy (non-hydrogen) atoms. The van der Waals surface area contributed by atoms with Crippen LogP contribution < -0.4 is 0 Å². The van der Waals surface area contributed by atoms with Crippen molar-refractivity contribution >= 4 is 16.3 Å². The van der Waals surface area contributed by atoms with Gasteiger partial charge in [-0.1, -0.05) is 5.22 Å². The molecule has 1 aromatic heterocycles. The molecule has 78 valence electrons. The van der Waals surface area contributed by atoms with Gasteiger partial charge in [-0.15, -0.1) is 16.5 Å². The number of hydrogen-bond acceptors (Lipinski definition) is 3. The van der Waals surface area contributed by atoms with Crippen LogP contribution in [-0.4, -0.2) is 17.1 Å². The van der Waals surface area contributed by atoms with Crippen LogP contribution in [0.1, 0.15) is 27.7 Å². The summed E-state index contributed by atoms with van der Waals surface area (Å²) in [7, 11) is 0. The molecule has 0 saturated heterocycles. The Bertz CT molecular complexity index is 270. The molecule has 1 aromatic rings. The van der Waals surface area contributed by atoms with E-state index >= 15 is 0 Å². The van der Waals surface area contributed by atoms with Crippen molar-refractivity contribution < 1.29 is 0 Å². The highest BCUT2D eigenvalue weighted by atomic mass is 32.1. The lowest BCUT2D eigenvalue weighted by Gasteiger charge is -2.25. The molecule has 1 rings (SSSR count). The minimum absolute atomic E-state index is 0.388. The lowest BCUT2D eigenvalue weighted by Crippen LogP contribution is -2.31. The van der Waals surface area contributed by atoms with Gasteiger partial charge in [0.1, 0.15) is 5.00 Å². The molecule has 0 saturated carbocycles. The van der Waals surface area contributed by atoms with Crippen LogP contribution in [0, 0.1) is 0 Å². The van der Waals surface area contributed by atoms with E-state index in [9.17, 15) is 0 Å². The van der Waals surface area contributed by atoms with Crippen molar-refractivity contribution in [2.24, 2.45) is 10.3 Å². The summed E-state index contributed by atoms with van der Waals surface area (Å²) in [6.07, 6.45) is 0. The minimum Gasteiger partial charge on any atom is -0.273 e. The summed E-state index contributed by atoms with van der Waals surface area (Å²) in [6.45, 7) is 8.47. The molecule has 0 amide bonds. The molecule has 0 fully saturated rings. The Labute approximate surface area is 89.4 Å². The monoisotopic (exact) mass is 211 g/mol. The van der Waals surface area contributed by atoms with Gasteiger partial charge in [-0.2, -0.15) is 0 Å². The van der Waals surface area contributed by atoms with E-state index in [2.05, 4.69) is 38.0 Å². The average Bonchev–Trinajstić information content (AvgIpc) is 2.55. The van der Waals surface area contributed by atoms with Gasteiger partial charge in [0.2, 0.25) is 0 Å². The largest absolute Gasteiger partial charge is 0.273 e. The molecular weight excluding hydrogens is 194 g/mol. The van der Waals surface area contributed by atoms with Gasteiger partial charge in [-0.25, -0.2) is 0 Å². The van der Waals surface area contributed by atoms with E-state index in [1.165, 1.54) is 0 Å². The first kappa shape index (κ1) is 11.2. The van der Waals surface area contributed by atoms with Crippen LogP contribution in [0.4, 0.5) is 5.00 Å². The van der Waals surface area contributed by atoms with Gasteiger partial charge in [-0.3, -0.25) is 5.01 Å². The van der Waals surface area contributed by atoms with Crippen molar-refractivity contribution in [1.29, 1.82) is 0 Å². The zero-order chi connectivity index (χ0) is 10.6. The van der Waals surface area contributed by atoms with Crippen molar-refractivity contribution in [3.05, 3.63) is 17.5 Å². The SMILES string of the molecule is CC(C)N(/N=N/c1cccs1)C(C)C. The van der Waals surface area contributed by atoms with Crippen LogP contribution >= 0.6 is 11.3 Å². The second-order valence-corrected chi connectivity index (χ2v) is 4.63. The number of thiophene rings is 1. The van der Waals surface area contributed by atoms with Crippen LogP contribution in [0.25, 0.3) is 0 Å². The lowest BCUT2D eigenvalue weighted by atomic mass is 10.3. The summed E-state index contributed by atoms with van der Waals surface area (Å²) in [5, 5.41) is 13.4. The molecule has 0 atom stereocenters. The first-order valence-corrected chi connectivity index (χ1v) is 5.72. The maximum atomic E-state index is 4.23. The van der Waals surface area contributed by atoms with Crippen LogP contribution in [0.2, 0.25) is 0 Å². The molecule has 0 N–H and O–H groups in total. The van der Waals surface area contributed by atoms with Crippen LogP contribution in [0.3, 0.4) is 0 Å². The van der Waals surface area contributed by atoms with E-state index in [1.807, 2.05) is 22.5 Å². The fourth-order valence-corrected chi connectivity index (χ4v) is 1.76. The predicted octanol–water partition coefficient (Wildman–Crippen LogP) is 3.87. The Morgan fingerprint density at radius 3 is 2.29 bits per heavy atom. The fraction of sp³-hybridized carbons (Fsp3) is 0.600. The van der Waals surface area contributed by atoms with E-state index in [-0.39, 0.29) is 0 Å². The Morgan fingerprint density at radius 1 is 1.21 bits per heavy atom. The highest BCUT2D eigenvalue weighted by Gasteiger charge is 2.10. The molecule has 0 spiro atoms. The second kappa shape index (κ2) is 5.10.